The summed E-state index contributed by atoms with van der Waals surface area (Å²) in [5.41, 5.74) is 2.21. The average Bonchev–Trinajstić information content (AvgIpc) is 2.75. The van der Waals surface area contributed by atoms with E-state index in [9.17, 15) is 14.4 Å². The van der Waals surface area contributed by atoms with Crippen LogP contribution in [0.1, 0.15) is 16.7 Å². The van der Waals surface area contributed by atoms with E-state index in [4.69, 9.17) is 11.6 Å². The Bertz CT molecular complexity index is 1420. The molecule has 9 heteroatoms. The number of nitrogens with zero attached hydrogens (tertiary/aromatic N) is 4. The Balaban J connectivity index is 1.74. The molecule has 0 fully saturated rings. The lowest BCUT2D eigenvalue weighted by Gasteiger charge is -2.13. The summed E-state index contributed by atoms with van der Waals surface area (Å²) < 4.78 is 2.21. The van der Waals surface area contributed by atoms with Gasteiger partial charge in [-0.3, -0.25) is 18.7 Å². The maximum atomic E-state index is 13.2. The number of aromatic nitrogens is 4. The lowest BCUT2D eigenvalue weighted by Crippen LogP contribution is -2.42. The Morgan fingerprint density at radius 3 is 2.31 bits per heavy atom. The molecule has 4 rings (SSSR count). The monoisotopic (exact) mass is 449 g/mol. The molecule has 0 atom stereocenters. The minimum Gasteiger partial charge on any atom is -0.325 e. The van der Waals surface area contributed by atoms with E-state index < -0.39 is 17.2 Å². The van der Waals surface area contributed by atoms with Crippen LogP contribution in [0.2, 0.25) is 5.02 Å². The molecule has 0 aliphatic carbocycles. The van der Waals surface area contributed by atoms with E-state index in [0.717, 1.165) is 20.3 Å². The van der Waals surface area contributed by atoms with Gasteiger partial charge in [0.2, 0.25) is 5.91 Å². The summed E-state index contributed by atoms with van der Waals surface area (Å²) >= 11 is 5.93. The SMILES string of the molecule is Cc1cc(C)cc(NC(=O)Cn2c(=O)n(Cc3ccc(Cl)cc3)c(=O)c3nccnc32)c1. The Morgan fingerprint density at radius 1 is 0.969 bits per heavy atom. The molecule has 0 saturated heterocycles. The number of halogens is 1. The molecule has 32 heavy (non-hydrogen) atoms. The molecule has 0 unspecified atom stereocenters. The topological polar surface area (TPSA) is 98.9 Å². The first-order chi connectivity index (χ1) is 15.3. The van der Waals surface area contributed by atoms with Gasteiger partial charge in [0, 0.05) is 23.1 Å². The molecule has 2 aromatic carbocycles. The summed E-state index contributed by atoms with van der Waals surface area (Å²) in [6, 6.07) is 12.5. The third-order valence-corrected chi connectivity index (χ3v) is 5.16. The van der Waals surface area contributed by atoms with Crippen LogP contribution in [0.3, 0.4) is 0 Å². The zero-order chi connectivity index (χ0) is 22.8. The smallest absolute Gasteiger partial charge is 0.325 e. The quantitative estimate of drug-likeness (QED) is 0.505. The van der Waals surface area contributed by atoms with Crippen molar-refractivity contribution in [2.24, 2.45) is 0 Å². The molecule has 0 saturated carbocycles. The first kappa shape index (κ1) is 21.5. The maximum Gasteiger partial charge on any atom is 0.333 e. The molecule has 4 aromatic rings. The molecular formula is C23H20ClN5O3. The van der Waals surface area contributed by atoms with Gasteiger partial charge in [-0.05, 0) is 54.8 Å². The molecule has 2 aromatic heterocycles. The van der Waals surface area contributed by atoms with Crippen molar-refractivity contribution >= 4 is 34.4 Å². The van der Waals surface area contributed by atoms with E-state index in [-0.39, 0.29) is 24.3 Å². The van der Waals surface area contributed by atoms with Crippen molar-refractivity contribution in [3.05, 3.63) is 97.4 Å². The van der Waals surface area contributed by atoms with Crippen LogP contribution < -0.4 is 16.6 Å². The van der Waals surface area contributed by atoms with Gasteiger partial charge >= 0.3 is 5.69 Å². The van der Waals surface area contributed by atoms with Crippen LogP contribution in [-0.2, 0) is 17.9 Å². The van der Waals surface area contributed by atoms with Crippen molar-refractivity contribution < 1.29 is 4.79 Å². The van der Waals surface area contributed by atoms with Crippen LogP contribution in [0.15, 0.2) is 64.4 Å². The number of hydrogen-bond acceptors (Lipinski definition) is 5. The fraction of sp³-hybridized carbons (Fsp3) is 0.174. The van der Waals surface area contributed by atoms with Crippen molar-refractivity contribution in [1.82, 2.24) is 19.1 Å². The van der Waals surface area contributed by atoms with E-state index in [0.29, 0.717) is 16.3 Å². The van der Waals surface area contributed by atoms with Crippen LogP contribution in [-0.4, -0.2) is 25.0 Å². The molecular weight excluding hydrogens is 430 g/mol. The number of nitrogens with one attached hydrogen (secondary N) is 1. The van der Waals surface area contributed by atoms with Crippen LogP contribution >= 0.6 is 11.6 Å². The first-order valence-electron chi connectivity index (χ1n) is 9.89. The van der Waals surface area contributed by atoms with E-state index in [2.05, 4.69) is 15.3 Å². The second kappa shape index (κ2) is 8.76. The largest absolute Gasteiger partial charge is 0.333 e. The van der Waals surface area contributed by atoms with Gasteiger partial charge in [-0.15, -0.1) is 0 Å². The van der Waals surface area contributed by atoms with Crippen molar-refractivity contribution in [3.8, 4) is 0 Å². The predicted octanol–water partition coefficient (Wildman–Crippen LogP) is 2.91. The number of rotatable bonds is 5. The second-order valence-corrected chi connectivity index (χ2v) is 7.98. The first-order valence-corrected chi connectivity index (χ1v) is 10.3. The molecule has 162 valence electrons. The highest BCUT2D eigenvalue weighted by molar-refractivity contribution is 6.30. The zero-order valence-electron chi connectivity index (χ0n) is 17.5. The Morgan fingerprint density at radius 2 is 1.62 bits per heavy atom. The fourth-order valence-corrected chi connectivity index (χ4v) is 3.70. The van der Waals surface area contributed by atoms with E-state index in [1.54, 1.807) is 24.3 Å². The lowest BCUT2D eigenvalue weighted by atomic mass is 10.1. The summed E-state index contributed by atoms with van der Waals surface area (Å²) in [5, 5.41) is 3.35. The number of carbonyl (C=O) groups excluding carboxylic acids is 1. The van der Waals surface area contributed by atoms with Crippen molar-refractivity contribution in [2.75, 3.05) is 5.32 Å². The summed E-state index contributed by atoms with van der Waals surface area (Å²) in [6.45, 7) is 3.56. The van der Waals surface area contributed by atoms with Crippen molar-refractivity contribution in [2.45, 2.75) is 26.9 Å². The maximum absolute atomic E-state index is 13.2. The fourth-order valence-electron chi connectivity index (χ4n) is 3.58. The molecule has 8 nitrogen and oxygen atoms in total. The number of hydrogen-bond donors (Lipinski definition) is 1. The van der Waals surface area contributed by atoms with Gasteiger partial charge in [0.15, 0.2) is 11.2 Å². The number of benzene rings is 2. The highest BCUT2D eigenvalue weighted by atomic mass is 35.5. The van der Waals surface area contributed by atoms with Crippen LogP contribution in [0.25, 0.3) is 11.2 Å². The van der Waals surface area contributed by atoms with Gasteiger partial charge in [-0.1, -0.05) is 29.8 Å². The molecule has 0 bridgehead atoms. The third-order valence-electron chi connectivity index (χ3n) is 4.91. The normalized spacial score (nSPS) is 11.0. The minimum absolute atomic E-state index is 0.0139. The van der Waals surface area contributed by atoms with Gasteiger partial charge < -0.3 is 5.32 Å². The molecule has 1 N–H and O–H groups in total. The molecule has 0 spiro atoms. The molecule has 2 heterocycles. The standard InChI is InChI=1S/C23H20ClN5O3/c1-14-9-15(2)11-18(10-14)27-19(30)13-28-21-20(25-7-8-26-21)22(31)29(23(28)32)12-16-3-5-17(24)6-4-16/h3-11H,12-13H2,1-2H3,(H,27,30). The molecule has 1 amide bonds. The van der Waals surface area contributed by atoms with E-state index in [1.165, 1.54) is 12.4 Å². The summed E-state index contributed by atoms with van der Waals surface area (Å²) in [4.78, 5) is 47.2. The van der Waals surface area contributed by atoms with Crippen LogP contribution in [0.4, 0.5) is 5.69 Å². The highest BCUT2D eigenvalue weighted by Gasteiger charge is 2.17. The summed E-state index contributed by atoms with van der Waals surface area (Å²) in [6.07, 6.45) is 2.75. The van der Waals surface area contributed by atoms with Gasteiger partial charge in [-0.2, -0.15) is 0 Å². The average molecular weight is 450 g/mol. The molecule has 0 radical (unpaired) electrons. The zero-order valence-corrected chi connectivity index (χ0v) is 18.3. The number of amides is 1. The van der Waals surface area contributed by atoms with Gasteiger partial charge in [0.1, 0.15) is 6.54 Å². The van der Waals surface area contributed by atoms with Crippen molar-refractivity contribution in [3.63, 3.8) is 0 Å². The van der Waals surface area contributed by atoms with Crippen molar-refractivity contribution in [1.29, 1.82) is 0 Å². The Kier molecular flexibility index (Phi) is 5.87. The second-order valence-electron chi connectivity index (χ2n) is 7.54. The van der Waals surface area contributed by atoms with Gasteiger partial charge in [-0.25, -0.2) is 14.8 Å². The summed E-state index contributed by atoms with van der Waals surface area (Å²) in [7, 11) is 0. The molecule has 0 aliphatic rings. The van der Waals surface area contributed by atoms with Crippen LogP contribution in [0.5, 0.6) is 0 Å². The van der Waals surface area contributed by atoms with E-state index in [1.807, 2.05) is 32.0 Å². The predicted molar refractivity (Wildman–Crippen MR) is 123 cm³/mol. The number of fused-ring (bicyclic) bond motifs is 1. The van der Waals surface area contributed by atoms with Gasteiger partial charge in [0.05, 0.1) is 6.54 Å². The Labute approximate surface area is 188 Å². The van der Waals surface area contributed by atoms with E-state index >= 15 is 0 Å². The lowest BCUT2D eigenvalue weighted by molar-refractivity contribution is -0.116. The number of anilines is 1. The number of aryl methyl sites for hydroxylation is 2. The van der Waals surface area contributed by atoms with Crippen LogP contribution in [0, 0.1) is 13.8 Å². The highest BCUT2D eigenvalue weighted by Crippen LogP contribution is 2.14. The third kappa shape index (κ3) is 4.45. The number of carbonyl (C=O) groups is 1. The summed E-state index contributed by atoms with van der Waals surface area (Å²) in [5.74, 6) is -0.416. The van der Waals surface area contributed by atoms with Gasteiger partial charge in [0.25, 0.3) is 5.56 Å². The molecule has 0 aliphatic heterocycles. The Hall–Kier alpha value is -3.78. The minimum atomic E-state index is -0.645.